The highest BCUT2D eigenvalue weighted by Crippen LogP contribution is 2.35. The number of aliphatic hydroxyl groups excluding tert-OH is 1. The maximum Gasteiger partial charge on any atom is 0.337 e. The maximum absolute atomic E-state index is 11.5. The molecule has 6 heteroatoms. The first-order chi connectivity index (χ1) is 9.02. The molecule has 0 aromatic heterocycles. The van der Waals surface area contributed by atoms with Crippen LogP contribution < -0.4 is 10.6 Å². The minimum atomic E-state index is -0.419. The molecule has 0 aliphatic carbocycles. The van der Waals surface area contributed by atoms with Crippen molar-refractivity contribution in [3.05, 3.63) is 22.2 Å². The van der Waals surface area contributed by atoms with Gasteiger partial charge in [0, 0.05) is 17.6 Å². The van der Waals surface area contributed by atoms with Crippen LogP contribution in [-0.4, -0.2) is 37.4 Å². The molecule has 1 aliphatic rings. The van der Waals surface area contributed by atoms with Crippen molar-refractivity contribution < 1.29 is 14.6 Å². The van der Waals surface area contributed by atoms with Crippen molar-refractivity contribution in [2.45, 2.75) is 18.9 Å². The van der Waals surface area contributed by atoms with E-state index in [4.69, 9.17) is 5.73 Å². The van der Waals surface area contributed by atoms with E-state index < -0.39 is 5.97 Å². The van der Waals surface area contributed by atoms with Gasteiger partial charge in [0.2, 0.25) is 0 Å². The molecule has 104 valence electrons. The predicted molar refractivity (Wildman–Crippen MR) is 77.3 cm³/mol. The largest absolute Gasteiger partial charge is 0.465 e. The Labute approximate surface area is 120 Å². The molecule has 1 saturated heterocycles. The van der Waals surface area contributed by atoms with Crippen LogP contribution in [0.4, 0.5) is 11.4 Å². The summed E-state index contributed by atoms with van der Waals surface area (Å²) in [5, 5.41) is 9.73. The summed E-state index contributed by atoms with van der Waals surface area (Å²) in [4.78, 5) is 13.5. The number of β-amino-alcohol motifs (C(OH)–C–C–N with tert-alkyl or cyclic N) is 1. The Bertz CT molecular complexity index is 470. The van der Waals surface area contributed by atoms with E-state index in [0.717, 1.165) is 29.5 Å². The van der Waals surface area contributed by atoms with Gasteiger partial charge in [-0.15, -0.1) is 0 Å². The summed E-state index contributed by atoms with van der Waals surface area (Å²) in [5.74, 6) is -0.419. The van der Waals surface area contributed by atoms with Crippen molar-refractivity contribution in [2.24, 2.45) is 0 Å². The monoisotopic (exact) mass is 328 g/mol. The van der Waals surface area contributed by atoms with Gasteiger partial charge in [0.15, 0.2) is 0 Å². The molecular formula is C13H17BrN2O3. The Morgan fingerprint density at radius 1 is 1.58 bits per heavy atom. The molecule has 0 bridgehead atoms. The number of nitrogens with two attached hydrogens (primary N) is 1. The second kappa shape index (κ2) is 5.79. The van der Waals surface area contributed by atoms with Crippen molar-refractivity contribution in [3.8, 4) is 0 Å². The van der Waals surface area contributed by atoms with Gasteiger partial charge in [-0.25, -0.2) is 4.79 Å². The number of anilines is 2. The fourth-order valence-electron chi connectivity index (χ4n) is 2.35. The van der Waals surface area contributed by atoms with Crippen molar-refractivity contribution in [2.75, 3.05) is 30.8 Å². The quantitative estimate of drug-likeness (QED) is 0.639. The van der Waals surface area contributed by atoms with E-state index in [-0.39, 0.29) is 6.10 Å². The summed E-state index contributed by atoms with van der Waals surface area (Å²) < 4.78 is 5.42. The van der Waals surface area contributed by atoms with E-state index in [9.17, 15) is 9.90 Å². The first-order valence-corrected chi connectivity index (χ1v) is 6.92. The molecule has 19 heavy (non-hydrogen) atoms. The molecule has 1 aromatic rings. The highest BCUT2D eigenvalue weighted by Gasteiger charge is 2.22. The normalized spacial score (nSPS) is 19.3. The fourth-order valence-corrected chi connectivity index (χ4v) is 3.07. The Hall–Kier alpha value is -1.27. The van der Waals surface area contributed by atoms with E-state index in [0.29, 0.717) is 17.8 Å². The van der Waals surface area contributed by atoms with Crippen LogP contribution in [0.5, 0.6) is 0 Å². The van der Waals surface area contributed by atoms with E-state index in [1.807, 2.05) is 4.90 Å². The van der Waals surface area contributed by atoms with Crippen molar-refractivity contribution in [1.82, 2.24) is 0 Å². The number of piperidine rings is 1. The summed E-state index contributed by atoms with van der Waals surface area (Å²) >= 11 is 3.44. The third kappa shape index (κ3) is 3.01. The van der Waals surface area contributed by atoms with Crippen LogP contribution in [0.15, 0.2) is 16.6 Å². The van der Waals surface area contributed by atoms with Gasteiger partial charge in [-0.1, -0.05) is 0 Å². The number of carbonyl (C=O) groups is 1. The first kappa shape index (κ1) is 14.1. The van der Waals surface area contributed by atoms with Gasteiger partial charge in [0.05, 0.1) is 30.2 Å². The molecule has 1 atom stereocenters. The lowest BCUT2D eigenvalue weighted by molar-refractivity contribution is 0.0600. The van der Waals surface area contributed by atoms with Crippen LogP contribution in [0.1, 0.15) is 23.2 Å². The predicted octanol–water partition coefficient (Wildman–Crippen LogP) is 1.78. The number of rotatable bonds is 2. The molecule has 1 fully saturated rings. The van der Waals surface area contributed by atoms with E-state index >= 15 is 0 Å². The molecule has 0 amide bonds. The molecular weight excluding hydrogens is 312 g/mol. The van der Waals surface area contributed by atoms with Crippen LogP contribution >= 0.6 is 15.9 Å². The van der Waals surface area contributed by atoms with Crippen molar-refractivity contribution in [1.29, 1.82) is 0 Å². The number of nitrogen functional groups attached to an aromatic ring is 1. The second-order valence-corrected chi connectivity index (χ2v) is 5.48. The van der Waals surface area contributed by atoms with Crippen molar-refractivity contribution in [3.63, 3.8) is 0 Å². The number of methoxy groups -OCH3 is 1. The number of nitrogens with zero attached hydrogens (tertiary/aromatic N) is 1. The topological polar surface area (TPSA) is 75.8 Å². The number of hydrogen-bond acceptors (Lipinski definition) is 5. The van der Waals surface area contributed by atoms with Crippen LogP contribution in [-0.2, 0) is 4.74 Å². The number of hydrogen-bond donors (Lipinski definition) is 2. The first-order valence-electron chi connectivity index (χ1n) is 6.13. The molecule has 0 saturated carbocycles. The summed E-state index contributed by atoms with van der Waals surface area (Å²) in [6, 6.07) is 3.30. The highest BCUT2D eigenvalue weighted by molar-refractivity contribution is 9.10. The van der Waals surface area contributed by atoms with E-state index in [1.165, 1.54) is 7.11 Å². The number of aliphatic hydroxyl groups is 1. The highest BCUT2D eigenvalue weighted by atomic mass is 79.9. The maximum atomic E-state index is 11.5. The lowest BCUT2D eigenvalue weighted by Crippen LogP contribution is -2.38. The Balaban J connectivity index is 2.33. The SMILES string of the molecule is COC(=O)c1cc(N)c(N2CCC[C@H](O)C2)c(Br)c1. The van der Waals surface area contributed by atoms with Gasteiger partial charge < -0.3 is 20.5 Å². The number of esters is 1. The summed E-state index contributed by atoms with van der Waals surface area (Å²) in [5.41, 5.74) is 7.77. The molecule has 1 aliphatic heterocycles. The number of benzene rings is 1. The molecule has 5 nitrogen and oxygen atoms in total. The average molecular weight is 329 g/mol. The number of halogens is 1. The molecule has 3 N–H and O–H groups in total. The minimum Gasteiger partial charge on any atom is -0.465 e. The summed E-state index contributed by atoms with van der Waals surface area (Å²) in [6.07, 6.45) is 1.40. The molecule has 0 radical (unpaired) electrons. The molecule has 1 heterocycles. The van der Waals surface area contributed by atoms with Crippen LogP contribution in [0.2, 0.25) is 0 Å². The van der Waals surface area contributed by atoms with Gasteiger partial charge in [-0.05, 0) is 40.9 Å². The van der Waals surface area contributed by atoms with E-state index in [2.05, 4.69) is 20.7 Å². The zero-order chi connectivity index (χ0) is 14.0. The third-order valence-electron chi connectivity index (χ3n) is 3.23. The van der Waals surface area contributed by atoms with Gasteiger partial charge >= 0.3 is 5.97 Å². The lowest BCUT2D eigenvalue weighted by Gasteiger charge is -2.33. The molecule has 1 aromatic carbocycles. The smallest absolute Gasteiger partial charge is 0.337 e. The standard InChI is InChI=1S/C13H17BrN2O3/c1-19-13(18)8-5-10(14)12(11(15)6-8)16-4-2-3-9(17)7-16/h5-6,9,17H,2-4,7,15H2,1H3/t9-/m0/s1. The lowest BCUT2D eigenvalue weighted by atomic mass is 10.1. The third-order valence-corrected chi connectivity index (χ3v) is 3.83. The van der Waals surface area contributed by atoms with Gasteiger partial charge in [-0.2, -0.15) is 0 Å². The second-order valence-electron chi connectivity index (χ2n) is 4.63. The number of ether oxygens (including phenoxy) is 1. The molecule has 0 unspecified atom stereocenters. The average Bonchev–Trinajstić information content (AvgIpc) is 2.37. The summed E-state index contributed by atoms with van der Waals surface area (Å²) in [7, 11) is 1.33. The number of carbonyl (C=O) groups excluding carboxylic acids is 1. The van der Waals surface area contributed by atoms with Crippen LogP contribution in [0.3, 0.4) is 0 Å². The Morgan fingerprint density at radius 3 is 2.89 bits per heavy atom. The van der Waals surface area contributed by atoms with Crippen LogP contribution in [0.25, 0.3) is 0 Å². The fraction of sp³-hybridized carbons (Fsp3) is 0.462. The Kier molecular flexibility index (Phi) is 4.31. The van der Waals surface area contributed by atoms with Gasteiger partial charge in [0.1, 0.15) is 0 Å². The van der Waals surface area contributed by atoms with Crippen molar-refractivity contribution >= 4 is 33.3 Å². The minimum absolute atomic E-state index is 0.333. The van der Waals surface area contributed by atoms with Gasteiger partial charge in [-0.3, -0.25) is 0 Å². The zero-order valence-corrected chi connectivity index (χ0v) is 12.3. The summed E-state index contributed by atoms with van der Waals surface area (Å²) in [6.45, 7) is 1.40. The molecule has 2 rings (SSSR count). The zero-order valence-electron chi connectivity index (χ0n) is 10.7. The Morgan fingerprint density at radius 2 is 2.32 bits per heavy atom. The van der Waals surface area contributed by atoms with Gasteiger partial charge in [0.25, 0.3) is 0 Å². The molecule has 0 spiro atoms. The van der Waals surface area contributed by atoms with Crippen LogP contribution in [0, 0.1) is 0 Å². The van der Waals surface area contributed by atoms with E-state index in [1.54, 1.807) is 12.1 Å².